The SMILES string of the molecule is Cc1nnc(SCCCCCC2(C=O)c3ccccc3-c3ccccc32)s1. The Balaban J connectivity index is 1.42. The molecule has 1 aliphatic rings. The van der Waals surface area contributed by atoms with Gasteiger partial charge in [-0.3, -0.25) is 0 Å². The molecule has 0 atom stereocenters. The van der Waals surface area contributed by atoms with Crippen molar-refractivity contribution in [1.82, 2.24) is 10.2 Å². The highest BCUT2D eigenvalue weighted by molar-refractivity contribution is 8.01. The average molecular weight is 395 g/mol. The van der Waals surface area contributed by atoms with E-state index in [2.05, 4.69) is 46.6 Å². The number of aryl methyl sites for hydroxylation is 1. The van der Waals surface area contributed by atoms with Crippen molar-refractivity contribution in [3.8, 4) is 11.1 Å². The van der Waals surface area contributed by atoms with Crippen molar-refractivity contribution in [3.63, 3.8) is 0 Å². The number of hydrogen-bond donors (Lipinski definition) is 0. The standard InChI is InChI=1S/C22H22N2OS2/c1-16-23-24-21(27-16)26-14-8-2-7-13-22(15-25)19-11-5-3-9-17(19)18-10-4-6-12-20(18)22/h3-6,9-12,15H,2,7-8,13-14H2,1H3. The summed E-state index contributed by atoms with van der Waals surface area (Å²) in [6.07, 6.45) is 5.33. The fourth-order valence-corrected chi connectivity index (χ4v) is 5.88. The van der Waals surface area contributed by atoms with Crippen molar-refractivity contribution in [3.05, 3.63) is 64.7 Å². The first-order chi connectivity index (χ1) is 13.2. The normalized spacial score (nSPS) is 14.0. The van der Waals surface area contributed by atoms with Gasteiger partial charge in [0.05, 0.1) is 5.41 Å². The molecule has 2 aromatic carbocycles. The second kappa shape index (κ2) is 7.95. The largest absolute Gasteiger partial charge is 0.302 e. The highest BCUT2D eigenvalue weighted by Crippen LogP contribution is 2.50. The summed E-state index contributed by atoms with van der Waals surface area (Å²) in [7, 11) is 0. The van der Waals surface area contributed by atoms with E-state index in [1.165, 1.54) is 28.5 Å². The van der Waals surface area contributed by atoms with Crippen LogP contribution in [0.25, 0.3) is 11.1 Å². The Kier molecular flexibility index (Phi) is 5.41. The van der Waals surface area contributed by atoms with Gasteiger partial charge in [-0.15, -0.1) is 10.2 Å². The van der Waals surface area contributed by atoms with Crippen molar-refractivity contribution < 1.29 is 4.79 Å². The zero-order valence-electron chi connectivity index (χ0n) is 15.4. The third kappa shape index (κ3) is 3.46. The molecule has 0 amide bonds. The Hall–Kier alpha value is -1.98. The molecular weight excluding hydrogens is 372 g/mol. The number of fused-ring (bicyclic) bond motifs is 3. The fourth-order valence-electron chi connectivity index (χ4n) is 3.99. The molecule has 1 aromatic heterocycles. The Morgan fingerprint density at radius 2 is 1.63 bits per heavy atom. The molecule has 0 unspecified atom stereocenters. The maximum Gasteiger partial charge on any atom is 0.174 e. The number of thioether (sulfide) groups is 1. The lowest BCUT2D eigenvalue weighted by molar-refractivity contribution is -0.111. The third-order valence-corrected chi connectivity index (χ3v) is 7.31. The maximum atomic E-state index is 12.3. The van der Waals surface area contributed by atoms with Crippen molar-refractivity contribution in [1.29, 1.82) is 0 Å². The van der Waals surface area contributed by atoms with E-state index in [-0.39, 0.29) is 0 Å². The van der Waals surface area contributed by atoms with E-state index in [4.69, 9.17) is 0 Å². The molecule has 0 spiro atoms. The van der Waals surface area contributed by atoms with Gasteiger partial charge in [0.2, 0.25) is 0 Å². The fraction of sp³-hybridized carbons (Fsp3) is 0.318. The van der Waals surface area contributed by atoms with Crippen LogP contribution in [0.2, 0.25) is 0 Å². The van der Waals surface area contributed by atoms with E-state index < -0.39 is 5.41 Å². The average Bonchev–Trinajstić information content (AvgIpc) is 3.24. The number of carbonyl (C=O) groups is 1. The van der Waals surface area contributed by atoms with E-state index >= 15 is 0 Å². The molecule has 0 radical (unpaired) electrons. The van der Waals surface area contributed by atoms with Gasteiger partial charge in [-0.05, 0) is 42.0 Å². The zero-order chi connectivity index (χ0) is 18.7. The number of unbranched alkanes of at least 4 members (excludes halogenated alkanes) is 2. The summed E-state index contributed by atoms with van der Waals surface area (Å²) in [4.78, 5) is 12.3. The van der Waals surface area contributed by atoms with Crippen LogP contribution >= 0.6 is 23.1 Å². The van der Waals surface area contributed by atoms with Crippen molar-refractivity contribution in [2.45, 2.75) is 42.4 Å². The van der Waals surface area contributed by atoms with Gasteiger partial charge < -0.3 is 4.79 Å². The zero-order valence-corrected chi connectivity index (χ0v) is 17.0. The molecule has 5 heteroatoms. The minimum atomic E-state index is -0.489. The van der Waals surface area contributed by atoms with Gasteiger partial charge in [0.25, 0.3) is 0 Å². The molecule has 138 valence electrons. The van der Waals surface area contributed by atoms with Crippen LogP contribution in [-0.4, -0.2) is 22.2 Å². The second-order valence-electron chi connectivity index (χ2n) is 6.93. The molecule has 1 heterocycles. The topological polar surface area (TPSA) is 42.9 Å². The van der Waals surface area contributed by atoms with Gasteiger partial charge in [0.15, 0.2) is 4.34 Å². The number of nitrogens with zero attached hydrogens (tertiary/aromatic N) is 2. The number of aldehydes is 1. The Labute approximate surface area is 168 Å². The van der Waals surface area contributed by atoms with Crippen LogP contribution in [0.15, 0.2) is 52.9 Å². The summed E-state index contributed by atoms with van der Waals surface area (Å²) in [5.74, 6) is 1.05. The number of carbonyl (C=O) groups excluding carboxylic acids is 1. The molecule has 3 nitrogen and oxygen atoms in total. The quantitative estimate of drug-likeness (QED) is 0.281. The number of hydrogen-bond acceptors (Lipinski definition) is 5. The van der Waals surface area contributed by atoms with E-state index in [0.29, 0.717) is 0 Å². The minimum absolute atomic E-state index is 0.489. The first-order valence-corrected chi connectivity index (χ1v) is 11.1. The third-order valence-electron chi connectivity index (χ3n) is 5.26. The molecule has 0 fully saturated rings. The van der Waals surface area contributed by atoms with E-state index in [0.717, 1.165) is 40.8 Å². The number of rotatable bonds is 8. The summed E-state index contributed by atoms with van der Waals surface area (Å²) in [5, 5.41) is 9.23. The molecular formula is C22H22N2OS2. The van der Waals surface area contributed by atoms with Gasteiger partial charge in [0.1, 0.15) is 11.3 Å². The molecule has 3 aromatic rings. The first-order valence-electron chi connectivity index (χ1n) is 9.33. The van der Waals surface area contributed by atoms with Crippen LogP contribution in [0.5, 0.6) is 0 Å². The van der Waals surface area contributed by atoms with Crippen LogP contribution in [0.3, 0.4) is 0 Å². The maximum absolute atomic E-state index is 12.3. The first kappa shape index (κ1) is 18.4. The lowest BCUT2D eigenvalue weighted by Gasteiger charge is -2.25. The number of benzene rings is 2. The summed E-state index contributed by atoms with van der Waals surface area (Å²) in [5.41, 5.74) is 4.26. The summed E-state index contributed by atoms with van der Waals surface area (Å²) in [6.45, 7) is 1.98. The highest BCUT2D eigenvalue weighted by Gasteiger charge is 2.42. The van der Waals surface area contributed by atoms with E-state index in [1.54, 1.807) is 23.1 Å². The summed E-state index contributed by atoms with van der Waals surface area (Å²) in [6, 6.07) is 16.7. The van der Waals surface area contributed by atoms with Crippen LogP contribution in [-0.2, 0) is 10.2 Å². The summed E-state index contributed by atoms with van der Waals surface area (Å²) < 4.78 is 1.05. The molecule has 27 heavy (non-hydrogen) atoms. The van der Waals surface area contributed by atoms with Gasteiger partial charge in [-0.2, -0.15) is 0 Å². The van der Waals surface area contributed by atoms with Gasteiger partial charge in [-0.1, -0.05) is 84.5 Å². The molecule has 0 N–H and O–H groups in total. The molecule has 4 rings (SSSR count). The molecule has 0 bridgehead atoms. The van der Waals surface area contributed by atoms with Crippen LogP contribution in [0.1, 0.15) is 41.8 Å². The van der Waals surface area contributed by atoms with Crippen LogP contribution in [0.4, 0.5) is 0 Å². The van der Waals surface area contributed by atoms with Gasteiger partial charge in [-0.25, -0.2) is 0 Å². The number of aromatic nitrogens is 2. The van der Waals surface area contributed by atoms with E-state index in [1.807, 2.05) is 19.1 Å². The minimum Gasteiger partial charge on any atom is -0.302 e. The van der Waals surface area contributed by atoms with Crippen molar-refractivity contribution in [2.75, 3.05) is 5.75 Å². The Bertz CT molecular complexity index is 905. The van der Waals surface area contributed by atoms with Crippen LogP contribution in [0, 0.1) is 6.92 Å². The molecule has 0 saturated carbocycles. The molecule has 0 aliphatic heterocycles. The Morgan fingerprint density at radius 1 is 0.963 bits per heavy atom. The summed E-state index contributed by atoms with van der Waals surface area (Å²) >= 11 is 3.44. The van der Waals surface area contributed by atoms with Crippen molar-refractivity contribution in [2.24, 2.45) is 0 Å². The smallest absolute Gasteiger partial charge is 0.174 e. The lowest BCUT2D eigenvalue weighted by Crippen LogP contribution is -2.27. The predicted octanol–water partition coefficient (Wildman–Crippen LogP) is 5.66. The second-order valence-corrected chi connectivity index (χ2v) is 9.45. The van der Waals surface area contributed by atoms with Gasteiger partial charge >= 0.3 is 0 Å². The predicted molar refractivity (Wildman–Crippen MR) is 113 cm³/mol. The lowest BCUT2D eigenvalue weighted by atomic mass is 9.75. The van der Waals surface area contributed by atoms with Gasteiger partial charge in [0, 0.05) is 5.75 Å². The van der Waals surface area contributed by atoms with Crippen molar-refractivity contribution >= 4 is 29.4 Å². The molecule has 0 saturated heterocycles. The monoisotopic (exact) mass is 394 g/mol. The van der Waals surface area contributed by atoms with Crippen LogP contribution < -0.4 is 0 Å². The van der Waals surface area contributed by atoms with E-state index in [9.17, 15) is 4.79 Å². The molecule has 1 aliphatic carbocycles. The Morgan fingerprint density at radius 3 is 2.22 bits per heavy atom. The highest BCUT2D eigenvalue weighted by atomic mass is 32.2.